The van der Waals surface area contributed by atoms with Crippen LogP contribution in [0.4, 0.5) is 0 Å². The Hall–Kier alpha value is 0.190. The van der Waals surface area contributed by atoms with Gasteiger partial charge in [0.2, 0.25) is 0 Å². The third-order valence-corrected chi connectivity index (χ3v) is 5.47. The van der Waals surface area contributed by atoms with E-state index in [-0.39, 0.29) is 5.60 Å². The molecular formula is C14H26N2O2S. The van der Waals surface area contributed by atoms with Crippen molar-refractivity contribution in [2.75, 3.05) is 57.5 Å². The predicted octanol–water partition coefficient (Wildman–Crippen LogP) is 0.963. The normalized spacial score (nSPS) is 36.9. The van der Waals surface area contributed by atoms with Crippen molar-refractivity contribution in [2.24, 2.45) is 0 Å². The van der Waals surface area contributed by atoms with E-state index in [1.165, 1.54) is 31.1 Å². The van der Waals surface area contributed by atoms with Gasteiger partial charge in [-0.1, -0.05) is 0 Å². The quantitative estimate of drug-likeness (QED) is 0.833. The highest BCUT2D eigenvalue weighted by Gasteiger charge is 2.40. The number of nitrogens with zero attached hydrogens (tertiary/aromatic N) is 1. The number of hydrogen-bond acceptors (Lipinski definition) is 5. The summed E-state index contributed by atoms with van der Waals surface area (Å²) in [5.74, 6) is 2.61. The molecule has 3 aliphatic rings. The molecule has 0 aliphatic carbocycles. The van der Waals surface area contributed by atoms with E-state index in [2.05, 4.69) is 22.0 Å². The number of ether oxygens (including phenoxy) is 2. The molecule has 3 aliphatic heterocycles. The molecule has 2 atom stereocenters. The fourth-order valence-corrected chi connectivity index (χ4v) is 4.30. The van der Waals surface area contributed by atoms with E-state index in [1.54, 1.807) is 0 Å². The highest BCUT2D eigenvalue weighted by Crippen LogP contribution is 2.32. The van der Waals surface area contributed by atoms with Crippen molar-refractivity contribution in [2.45, 2.75) is 30.9 Å². The SMILES string of the molecule is C(CN1CCSCC1)NC1CCOC2(CCOC2)C1. The van der Waals surface area contributed by atoms with Gasteiger partial charge < -0.3 is 19.7 Å². The first-order valence-electron chi connectivity index (χ1n) is 7.62. The molecule has 19 heavy (non-hydrogen) atoms. The number of thioether (sulfide) groups is 1. The number of rotatable bonds is 4. The van der Waals surface area contributed by atoms with Crippen molar-refractivity contribution in [1.82, 2.24) is 10.2 Å². The number of hydrogen-bond donors (Lipinski definition) is 1. The molecule has 3 saturated heterocycles. The van der Waals surface area contributed by atoms with E-state index < -0.39 is 0 Å². The summed E-state index contributed by atoms with van der Waals surface area (Å²) >= 11 is 2.08. The lowest BCUT2D eigenvalue weighted by Gasteiger charge is -2.38. The Morgan fingerprint density at radius 2 is 2.16 bits per heavy atom. The van der Waals surface area contributed by atoms with Gasteiger partial charge in [-0.15, -0.1) is 0 Å². The van der Waals surface area contributed by atoms with Gasteiger partial charge in [-0.25, -0.2) is 0 Å². The molecule has 3 fully saturated rings. The highest BCUT2D eigenvalue weighted by molar-refractivity contribution is 7.99. The Bertz CT molecular complexity index is 279. The maximum Gasteiger partial charge on any atom is 0.0951 e. The Balaban J connectivity index is 1.37. The van der Waals surface area contributed by atoms with Crippen molar-refractivity contribution >= 4 is 11.8 Å². The van der Waals surface area contributed by atoms with Crippen molar-refractivity contribution in [3.63, 3.8) is 0 Å². The van der Waals surface area contributed by atoms with Crippen LogP contribution in [-0.2, 0) is 9.47 Å². The summed E-state index contributed by atoms with van der Waals surface area (Å²) in [6.45, 7) is 7.40. The van der Waals surface area contributed by atoms with Gasteiger partial charge in [0, 0.05) is 63.4 Å². The molecule has 0 bridgehead atoms. The fraction of sp³-hybridized carbons (Fsp3) is 1.00. The maximum absolute atomic E-state index is 5.97. The summed E-state index contributed by atoms with van der Waals surface area (Å²) in [4.78, 5) is 2.58. The van der Waals surface area contributed by atoms with Crippen LogP contribution in [-0.4, -0.2) is 74.0 Å². The molecular weight excluding hydrogens is 260 g/mol. The van der Waals surface area contributed by atoms with Gasteiger partial charge in [0.1, 0.15) is 0 Å². The van der Waals surface area contributed by atoms with E-state index >= 15 is 0 Å². The zero-order valence-electron chi connectivity index (χ0n) is 11.7. The van der Waals surface area contributed by atoms with Crippen LogP contribution >= 0.6 is 11.8 Å². The Morgan fingerprint density at radius 1 is 1.26 bits per heavy atom. The monoisotopic (exact) mass is 286 g/mol. The summed E-state index contributed by atoms with van der Waals surface area (Å²) in [6.07, 6.45) is 3.36. The van der Waals surface area contributed by atoms with Gasteiger partial charge in [0.15, 0.2) is 0 Å². The van der Waals surface area contributed by atoms with Crippen LogP contribution in [0.15, 0.2) is 0 Å². The lowest BCUT2D eigenvalue weighted by Crippen LogP contribution is -2.49. The van der Waals surface area contributed by atoms with Gasteiger partial charge >= 0.3 is 0 Å². The lowest BCUT2D eigenvalue weighted by atomic mass is 9.90. The molecule has 1 spiro atoms. The van der Waals surface area contributed by atoms with Crippen LogP contribution in [0.5, 0.6) is 0 Å². The van der Waals surface area contributed by atoms with Crippen molar-refractivity contribution in [3.05, 3.63) is 0 Å². The van der Waals surface area contributed by atoms with Gasteiger partial charge in [0.05, 0.1) is 12.2 Å². The van der Waals surface area contributed by atoms with E-state index in [1.807, 2.05) is 0 Å². The first-order chi connectivity index (χ1) is 9.36. The van der Waals surface area contributed by atoms with Crippen LogP contribution in [0.25, 0.3) is 0 Å². The average molecular weight is 286 g/mol. The second-order valence-corrected chi connectivity index (χ2v) is 7.16. The highest BCUT2D eigenvalue weighted by atomic mass is 32.2. The molecule has 0 aromatic carbocycles. The van der Waals surface area contributed by atoms with E-state index in [0.29, 0.717) is 6.04 Å². The standard InChI is InChI=1S/C14H26N2O2S/c1-7-18-14(2-8-17-12-14)11-13(1)15-3-4-16-5-9-19-10-6-16/h13,15H,1-12H2. The van der Waals surface area contributed by atoms with E-state index in [0.717, 1.165) is 45.6 Å². The molecule has 110 valence electrons. The van der Waals surface area contributed by atoms with Crippen molar-refractivity contribution < 1.29 is 9.47 Å². The molecule has 0 aromatic heterocycles. The minimum atomic E-state index is 0.0394. The van der Waals surface area contributed by atoms with Crippen molar-refractivity contribution in [1.29, 1.82) is 0 Å². The Labute approximate surface area is 120 Å². The summed E-state index contributed by atoms with van der Waals surface area (Å²) in [7, 11) is 0. The zero-order valence-corrected chi connectivity index (χ0v) is 12.6. The van der Waals surface area contributed by atoms with Crippen molar-refractivity contribution in [3.8, 4) is 0 Å². The molecule has 0 radical (unpaired) electrons. The summed E-state index contributed by atoms with van der Waals surface area (Å²) in [5, 5.41) is 3.74. The first-order valence-corrected chi connectivity index (χ1v) is 8.77. The number of nitrogens with one attached hydrogen (secondary N) is 1. The summed E-state index contributed by atoms with van der Waals surface area (Å²) < 4.78 is 11.5. The van der Waals surface area contributed by atoms with Gasteiger partial charge in [-0.2, -0.15) is 11.8 Å². The molecule has 3 rings (SSSR count). The van der Waals surface area contributed by atoms with Crippen LogP contribution in [0.2, 0.25) is 0 Å². The van der Waals surface area contributed by atoms with E-state index in [9.17, 15) is 0 Å². The molecule has 0 aromatic rings. The van der Waals surface area contributed by atoms with Gasteiger partial charge in [-0.05, 0) is 12.8 Å². The minimum absolute atomic E-state index is 0.0394. The molecule has 0 saturated carbocycles. The smallest absolute Gasteiger partial charge is 0.0951 e. The largest absolute Gasteiger partial charge is 0.378 e. The lowest BCUT2D eigenvalue weighted by molar-refractivity contribution is -0.0893. The molecule has 0 amide bonds. The first kappa shape index (κ1) is 14.1. The molecule has 1 N–H and O–H groups in total. The molecule has 2 unspecified atom stereocenters. The predicted molar refractivity (Wildman–Crippen MR) is 78.9 cm³/mol. The fourth-order valence-electron chi connectivity index (χ4n) is 3.32. The van der Waals surface area contributed by atoms with Gasteiger partial charge in [-0.3, -0.25) is 0 Å². The van der Waals surface area contributed by atoms with Crippen LogP contribution < -0.4 is 5.32 Å². The zero-order chi connectivity index (χ0) is 13.0. The maximum atomic E-state index is 5.97. The van der Waals surface area contributed by atoms with Crippen LogP contribution in [0.3, 0.4) is 0 Å². The third-order valence-electron chi connectivity index (χ3n) is 4.52. The van der Waals surface area contributed by atoms with Crippen LogP contribution in [0, 0.1) is 0 Å². The molecule has 5 heteroatoms. The Morgan fingerprint density at radius 3 is 2.95 bits per heavy atom. The Kier molecular flexibility index (Phi) is 5.03. The van der Waals surface area contributed by atoms with Crippen LogP contribution in [0.1, 0.15) is 19.3 Å². The second-order valence-electron chi connectivity index (χ2n) is 5.93. The average Bonchev–Trinajstić information content (AvgIpc) is 2.88. The van der Waals surface area contributed by atoms with Gasteiger partial charge in [0.25, 0.3) is 0 Å². The summed E-state index contributed by atoms with van der Waals surface area (Å²) in [5.41, 5.74) is 0.0394. The van der Waals surface area contributed by atoms with E-state index in [4.69, 9.17) is 9.47 Å². The molecule has 4 nitrogen and oxygen atoms in total. The summed E-state index contributed by atoms with van der Waals surface area (Å²) in [6, 6.07) is 0.620. The minimum Gasteiger partial charge on any atom is -0.378 e. The topological polar surface area (TPSA) is 33.7 Å². The second kappa shape index (κ2) is 6.76. The molecule has 3 heterocycles. The third kappa shape index (κ3) is 3.85.